The number of ether oxygens (including phenoxy) is 1. The van der Waals surface area contributed by atoms with Crippen molar-refractivity contribution in [2.24, 2.45) is 0 Å². The highest BCUT2D eigenvalue weighted by Crippen LogP contribution is 2.33. The lowest BCUT2D eigenvalue weighted by Gasteiger charge is -2.11. The molecule has 0 atom stereocenters. The lowest BCUT2D eigenvalue weighted by atomic mass is 10.1. The van der Waals surface area contributed by atoms with Gasteiger partial charge in [0.1, 0.15) is 11.6 Å². The summed E-state index contributed by atoms with van der Waals surface area (Å²) < 4.78 is 59.3. The zero-order chi connectivity index (χ0) is 22.9. The van der Waals surface area contributed by atoms with Crippen molar-refractivity contribution < 1.29 is 27.1 Å². The number of rotatable bonds is 6. The summed E-state index contributed by atoms with van der Waals surface area (Å²) in [5, 5.41) is 4.15. The summed E-state index contributed by atoms with van der Waals surface area (Å²) in [6.07, 6.45) is -3.14. The molecular formula is C22H17F4N3O2S. The van der Waals surface area contributed by atoms with Gasteiger partial charge in [0, 0.05) is 28.5 Å². The lowest BCUT2D eigenvalue weighted by molar-refractivity contribution is -0.140. The second-order valence-electron chi connectivity index (χ2n) is 6.88. The number of halogens is 4. The van der Waals surface area contributed by atoms with E-state index in [2.05, 4.69) is 10.3 Å². The van der Waals surface area contributed by atoms with E-state index in [1.54, 1.807) is 16.0 Å². The van der Waals surface area contributed by atoms with Crippen LogP contribution in [0.1, 0.15) is 18.2 Å². The van der Waals surface area contributed by atoms with Gasteiger partial charge in [-0.15, -0.1) is 11.3 Å². The van der Waals surface area contributed by atoms with Gasteiger partial charge in [0.15, 0.2) is 4.96 Å². The van der Waals surface area contributed by atoms with Crippen LogP contribution < -0.4 is 10.1 Å². The summed E-state index contributed by atoms with van der Waals surface area (Å²) in [4.78, 5) is 17.7. The smallest absolute Gasteiger partial charge is 0.419 e. The van der Waals surface area contributed by atoms with Crippen molar-refractivity contribution in [1.29, 1.82) is 0 Å². The van der Waals surface area contributed by atoms with Crippen LogP contribution in [0.2, 0.25) is 0 Å². The molecule has 0 spiro atoms. The number of imidazole rings is 1. The summed E-state index contributed by atoms with van der Waals surface area (Å²) in [5.41, 5.74) is 0.671. The van der Waals surface area contributed by atoms with Crippen molar-refractivity contribution in [2.75, 3.05) is 11.9 Å². The Labute approximate surface area is 184 Å². The van der Waals surface area contributed by atoms with E-state index in [9.17, 15) is 22.4 Å². The summed E-state index contributed by atoms with van der Waals surface area (Å²) >= 11 is 1.35. The van der Waals surface area contributed by atoms with Gasteiger partial charge in [-0.2, -0.15) is 13.2 Å². The number of anilines is 1. The maximum Gasteiger partial charge on any atom is 0.419 e. The van der Waals surface area contributed by atoms with E-state index in [1.165, 1.54) is 11.3 Å². The topological polar surface area (TPSA) is 55.6 Å². The fraction of sp³-hybridized carbons (Fsp3) is 0.182. The standard InChI is InChI=1S/C22H17F4N3O2S/c1-2-31-16-6-3-13(4-7-16)19-11-29-15(12-32-21(29)28-19)10-20(30)27-14-5-8-18(23)17(9-14)22(24,25)26/h3-9,11-12H,2,10H2,1H3,(H,27,30). The van der Waals surface area contributed by atoms with Crippen LogP contribution in [0.5, 0.6) is 5.75 Å². The van der Waals surface area contributed by atoms with Crippen LogP contribution >= 0.6 is 11.3 Å². The Morgan fingerprint density at radius 1 is 1.19 bits per heavy atom. The van der Waals surface area contributed by atoms with Crippen LogP contribution in [0.3, 0.4) is 0 Å². The van der Waals surface area contributed by atoms with Crippen molar-refractivity contribution >= 4 is 27.9 Å². The summed E-state index contributed by atoms with van der Waals surface area (Å²) in [5.74, 6) is -1.17. The molecule has 0 aliphatic heterocycles. The lowest BCUT2D eigenvalue weighted by Crippen LogP contribution is -2.16. The molecule has 4 rings (SSSR count). The molecule has 0 aliphatic rings. The van der Waals surface area contributed by atoms with Gasteiger partial charge in [-0.25, -0.2) is 9.37 Å². The second-order valence-corrected chi connectivity index (χ2v) is 7.72. The predicted octanol–water partition coefficient (Wildman–Crippen LogP) is 5.80. The number of thiazole rings is 1. The molecule has 0 radical (unpaired) electrons. The Bertz CT molecular complexity index is 1260. The number of alkyl halides is 3. The number of carbonyl (C=O) groups excluding carboxylic acids is 1. The third-order valence-corrected chi connectivity index (χ3v) is 5.53. The molecular weight excluding hydrogens is 446 g/mol. The molecule has 0 bridgehead atoms. The largest absolute Gasteiger partial charge is 0.494 e. The van der Waals surface area contributed by atoms with Gasteiger partial charge in [0.2, 0.25) is 5.91 Å². The zero-order valence-electron chi connectivity index (χ0n) is 16.7. The van der Waals surface area contributed by atoms with Crippen molar-refractivity contribution in [2.45, 2.75) is 19.5 Å². The number of benzene rings is 2. The van der Waals surface area contributed by atoms with Crippen LogP contribution in [0.15, 0.2) is 54.0 Å². The number of hydrogen-bond acceptors (Lipinski definition) is 4. The van der Waals surface area contributed by atoms with E-state index in [0.29, 0.717) is 29.4 Å². The van der Waals surface area contributed by atoms with Crippen LogP contribution in [-0.4, -0.2) is 21.9 Å². The van der Waals surface area contributed by atoms with E-state index < -0.39 is 23.5 Å². The van der Waals surface area contributed by atoms with Gasteiger partial charge in [0.05, 0.1) is 24.3 Å². The number of nitrogens with one attached hydrogen (secondary N) is 1. The molecule has 32 heavy (non-hydrogen) atoms. The van der Waals surface area contributed by atoms with Crippen LogP contribution in [0.4, 0.5) is 23.2 Å². The first-order valence-electron chi connectivity index (χ1n) is 9.60. The fourth-order valence-corrected chi connectivity index (χ4v) is 4.05. The summed E-state index contributed by atoms with van der Waals surface area (Å²) in [6.45, 7) is 2.47. The Balaban J connectivity index is 1.50. The van der Waals surface area contributed by atoms with Gasteiger partial charge in [0.25, 0.3) is 0 Å². The summed E-state index contributed by atoms with van der Waals surface area (Å²) in [7, 11) is 0. The third-order valence-electron chi connectivity index (χ3n) is 4.64. The molecule has 0 saturated carbocycles. The van der Waals surface area contributed by atoms with Crippen molar-refractivity contribution in [1.82, 2.24) is 9.38 Å². The van der Waals surface area contributed by atoms with E-state index in [0.717, 1.165) is 23.1 Å². The molecule has 2 aromatic heterocycles. The summed E-state index contributed by atoms with van der Waals surface area (Å²) in [6, 6.07) is 9.81. The Morgan fingerprint density at radius 3 is 2.62 bits per heavy atom. The number of nitrogens with zero attached hydrogens (tertiary/aromatic N) is 2. The highest BCUT2D eigenvalue weighted by Gasteiger charge is 2.34. The van der Waals surface area contributed by atoms with Gasteiger partial charge in [-0.05, 0) is 49.4 Å². The van der Waals surface area contributed by atoms with Crippen LogP contribution in [0.25, 0.3) is 16.2 Å². The molecule has 0 saturated heterocycles. The number of aromatic nitrogens is 2. The zero-order valence-corrected chi connectivity index (χ0v) is 17.6. The van der Waals surface area contributed by atoms with Crippen molar-refractivity contribution in [3.8, 4) is 17.0 Å². The first-order chi connectivity index (χ1) is 15.2. The Hall–Kier alpha value is -3.40. The SMILES string of the molecule is CCOc1ccc(-c2cn3c(CC(=O)Nc4ccc(F)c(C(F)(F)F)c4)csc3n2)cc1. The maximum atomic E-state index is 13.4. The number of carbonyl (C=O) groups is 1. The highest BCUT2D eigenvalue weighted by atomic mass is 32.1. The Morgan fingerprint density at radius 2 is 1.94 bits per heavy atom. The molecule has 1 N–H and O–H groups in total. The highest BCUT2D eigenvalue weighted by molar-refractivity contribution is 7.15. The van der Waals surface area contributed by atoms with Gasteiger partial charge in [-0.1, -0.05) is 0 Å². The quantitative estimate of drug-likeness (QED) is 0.368. The molecule has 1 amide bonds. The number of fused-ring (bicyclic) bond motifs is 1. The van der Waals surface area contributed by atoms with Gasteiger partial charge in [-0.3, -0.25) is 9.20 Å². The number of amides is 1. The number of hydrogen-bond donors (Lipinski definition) is 1. The average molecular weight is 463 g/mol. The molecule has 0 unspecified atom stereocenters. The molecule has 2 heterocycles. The van der Waals surface area contributed by atoms with E-state index in [4.69, 9.17) is 4.74 Å². The molecule has 166 valence electrons. The molecule has 0 aliphatic carbocycles. The van der Waals surface area contributed by atoms with E-state index in [-0.39, 0.29) is 12.1 Å². The average Bonchev–Trinajstić information content (AvgIpc) is 3.31. The van der Waals surface area contributed by atoms with Crippen molar-refractivity contribution in [3.63, 3.8) is 0 Å². The minimum atomic E-state index is -4.85. The molecule has 0 fully saturated rings. The van der Waals surface area contributed by atoms with Gasteiger partial charge >= 0.3 is 6.18 Å². The molecule has 10 heteroatoms. The van der Waals surface area contributed by atoms with Crippen molar-refractivity contribution in [3.05, 3.63) is 71.1 Å². The fourth-order valence-electron chi connectivity index (χ4n) is 3.17. The molecule has 2 aromatic carbocycles. The first-order valence-corrected chi connectivity index (χ1v) is 10.5. The van der Waals surface area contributed by atoms with Gasteiger partial charge < -0.3 is 10.1 Å². The predicted molar refractivity (Wildman–Crippen MR) is 113 cm³/mol. The third kappa shape index (κ3) is 4.59. The maximum absolute atomic E-state index is 13.4. The second kappa shape index (κ2) is 8.62. The molecule has 4 aromatic rings. The van der Waals surface area contributed by atoms with Crippen LogP contribution in [0, 0.1) is 5.82 Å². The Kier molecular flexibility index (Phi) is 5.88. The first kappa shape index (κ1) is 21.8. The van der Waals surface area contributed by atoms with E-state index >= 15 is 0 Å². The molecule has 5 nitrogen and oxygen atoms in total. The minimum absolute atomic E-state index is 0.0855. The van der Waals surface area contributed by atoms with E-state index in [1.807, 2.05) is 31.2 Å². The monoisotopic (exact) mass is 463 g/mol. The van der Waals surface area contributed by atoms with Crippen LogP contribution in [-0.2, 0) is 17.4 Å². The normalized spacial score (nSPS) is 11.7. The minimum Gasteiger partial charge on any atom is -0.494 e.